The van der Waals surface area contributed by atoms with Gasteiger partial charge in [0.1, 0.15) is 24.4 Å². The van der Waals surface area contributed by atoms with Gasteiger partial charge in [-0.15, -0.1) is 0 Å². The standard InChI is InChI=1S/C60H119NO8/c1-3-5-7-9-11-13-15-17-19-20-21-22-23-24-25-26-27-28-29-30-31-32-33-34-36-38-40-42-44-46-48-50-56(64)61-53(52-68-60-59(67)58(66)57(65)55(51-62)69-60)54(63)49-47-45-43-41-39-37-35-18-16-14-12-10-8-6-4-2/h53-55,57-60,62-63,65-67H,3-52H2,1-2H3,(H,61,64). The van der Waals surface area contributed by atoms with Crippen molar-refractivity contribution in [3.05, 3.63) is 0 Å². The summed E-state index contributed by atoms with van der Waals surface area (Å²) in [7, 11) is 0. The van der Waals surface area contributed by atoms with Gasteiger partial charge in [-0.1, -0.05) is 303 Å². The molecule has 1 saturated heterocycles. The molecular weight excluding hydrogens is 863 g/mol. The maximum absolute atomic E-state index is 13.1. The summed E-state index contributed by atoms with van der Waals surface area (Å²) in [5, 5.41) is 54.7. The molecule has 7 unspecified atom stereocenters. The molecule has 7 atom stereocenters. The van der Waals surface area contributed by atoms with E-state index in [4.69, 9.17) is 9.47 Å². The van der Waals surface area contributed by atoms with Gasteiger partial charge < -0.3 is 40.3 Å². The molecule has 1 rings (SSSR count). The number of hydrogen-bond donors (Lipinski definition) is 6. The van der Waals surface area contributed by atoms with Crippen molar-refractivity contribution in [1.29, 1.82) is 0 Å². The summed E-state index contributed by atoms with van der Waals surface area (Å²) in [5.41, 5.74) is 0. The molecule has 0 radical (unpaired) electrons. The summed E-state index contributed by atoms with van der Waals surface area (Å²) in [6.45, 7) is 3.88. The fourth-order valence-electron chi connectivity index (χ4n) is 10.3. The van der Waals surface area contributed by atoms with Crippen LogP contribution in [0.15, 0.2) is 0 Å². The Hall–Kier alpha value is -0.810. The van der Waals surface area contributed by atoms with Crippen LogP contribution in [0.2, 0.25) is 0 Å². The zero-order chi connectivity index (χ0) is 50.1. The van der Waals surface area contributed by atoms with Crippen molar-refractivity contribution in [3.8, 4) is 0 Å². The summed E-state index contributed by atoms with van der Waals surface area (Å²) in [6.07, 6.45) is 54.4. The van der Waals surface area contributed by atoms with E-state index in [9.17, 15) is 30.3 Å². The molecule has 412 valence electrons. The van der Waals surface area contributed by atoms with E-state index >= 15 is 0 Å². The number of amides is 1. The van der Waals surface area contributed by atoms with Crippen LogP contribution in [0.25, 0.3) is 0 Å². The van der Waals surface area contributed by atoms with E-state index in [0.717, 1.165) is 38.5 Å². The van der Waals surface area contributed by atoms with E-state index in [1.54, 1.807) is 0 Å². The van der Waals surface area contributed by atoms with Crippen molar-refractivity contribution in [2.75, 3.05) is 13.2 Å². The minimum Gasteiger partial charge on any atom is -0.394 e. The third-order valence-electron chi connectivity index (χ3n) is 15.2. The molecule has 0 aromatic rings. The van der Waals surface area contributed by atoms with Gasteiger partial charge in [0.25, 0.3) is 0 Å². The van der Waals surface area contributed by atoms with E-state index in [1.165, 1.54) is 257 Å². The van der Waals surface area contributed by atoms with Crippen molar-refractivity contribution in [2.45, 2.75) is 365 Å². The van der Waals surface area contributed by atoms with Gasteiger partial charge in [0.15, 0.2) is 6.29 Å². The van der Waals surface area contributed by atoms with Crippen LogP contribution in [-0.2, 0) is 14.3 Å². The number of aliphatic hydroxyl groups is 5. The predicted octanol–water partition coefficient (Wildman–Crippen LogP) is 15.4. The number of rotatable bonds is 54. The number of hydrogen-bond acceptors (Lipinski definition) is 8. The average Bonchev–Trinajstić information content (AvgIpc) is 3.35. The Morgan fingerprint density at radius 1 is 0.435 bits per heavy atom. The number of aliphatic hydroxyl groups excluding tert-OH is 5. The summed E-state index contributed by atoms with van der Waals surface area (Å²) in [5.74, 6) is -0.136. The van der Waals surface area contributed by atoms with Gasteiger partial charge in [0, 0.05) is 6.42 Å². The number of nitrogens with one attached hydrogen (secondary N) is 1. The second-order valence-electron chi connectivity index (χ2n) is 21.9. The van der Waals surface area contributed by atoms with Crippen LogP contribution < -0.4 is 5.32 Å². The number of unbranched alkanes of at least 4 members (excludes halogenated alkanes) is 44. The lowest BCUT2D eigenvalue weighted by molar-refractivity contribution is -0.302. The van der Waals surface area contributed by atoms with Crippen molar-refractivity contribution in [3.63, 3.8) is 0 Å². The topological polar surface area (TPSA) is 149 Å². The molecule has 0 saturated carbocycles. The van der Waals surface area contributed by atoms with Crippen LogP contribution in [0.5, 0.6) is 0 Å². The first-order chi connectivity index (χ1) is 33.8. The molecular formula is C60H119NO8. The lowest BCUT2D eigenvalue weighted by Crippen LogP contribution is -2.60. The molecule has 0 aromatic carbocycles. The highest BCUT2D eigenvalue weighted by molar-refractivity contribution is 5.76. The molecule has 6 N–H and O–H groups in total. The summed E-state index contributed by atoms with van der Waals surface area (Å²) >= 11 is 0. The van der Waals surface area contributed by atoms with Crippen LogP contribution in [0.4, 0.5) is 0 Å². The van der Waals surface area contributed by atoms with E-state index in [2.05, 4.69) is 19.2 Å². The molecule has 69 heavy (non-hydrogen) atoms. The van der Waals surface area contributed by atoms with Crippen LogP contribution in [0.1, 0.15) is 322 Å². The zero-order valence-corrected chi connectivity index (χ0v) is 45.9. The van der Waals surface area contributed by atoms with Crippen molar-refractivity contribution < 1.29 is 39.8 Å². The monoisotopic (exact) mass is 982 g/mol. The lowest BCUT2D eigenvalue weighted by atomic mass is 9.99. The highest BCUT2D eigenvalue weighted by Gasteiger charge is 2.44. The van der Waals surface area contributed by atoms with Gasteiger partial charge in [-0.3, -0.25) is 4.79 Å². The number of ether oxygens (including phenoxy) is 2. The second kappa shape index (κ2) is 50.7. The van der Waals surface area contributed by atoms with E-state index in [-0.39, 0.29) is 12.5 Å². The molecule has 9 nitrogen and oxygen atoms in total. The molecule has 0 bridgehead atoms. The van der Waals surface area contributed by atoms with Crippen LogP contribution in [-0.4, -0.2) is 87.5 Å². The Morgan fingerprint density at radius 3 is 1.03 bits per heavy atom. The Bertz CT molecular complexity index is 1050. The smallest absolute Gasteiger partial charge is 0.220 e. The lowest BCUT2D eigenvalue weighted by Gasteiger charge is -2.40. The molecule has 1 aliphatic rings. The highest BCUT2D eigenvalue weighted by Crippen LogP contribution is 2.24. The maximum Gasteiger partial charge on any atom is 0.220 e. The van der Waals surface area contributed by atoms with E-state index in [0.29, 0.717) is 12.8 Å². The fraction of sp³-hybridized carbons (Fsp3) is 0.983. The van der Waals surface area contributed by atoms with Gasteiger partial charge in [-0.05, 0) is 12.8 Å². The molecule has 0 spiro atoms. The number of carbonyl (C=O) groups is 1. The third-order valence-corrected chi connectivity index (χ3v) is 15.2. The van der Waals surface area contributed by atoms with Gasteiger partial charge in [0.05, 0.1) is 25.4 Å². The third kappa shape index (κ3) is 40.3. The maximum atomic E-state index is 13.1. The molecule has 1 heterocycles. The Labute approximate surface area is 427 Å². The van der Waals surface area contributed by atoms with Crippen molar-refractivity contribution in [1.82, 2.24) is 5.32 Å². The molecule has 0 aliphatic carbocycles. The average molecular weight is 983 g/mol. The first kappa shape index (κ1) is 66.2. The SMILES string of the molecule is CCCCCCCCCCCCCCCCCCCCCCCCCCCCCCCCCC(=O)NC(COC1OC(CO)C(O)C(O)C1O)C(O)CCCCCCCCCCCCCCCCC. The van der Waals surface area contributed by atoms with Crippen LogP contribution >= 0.6 is 0 Å². The Kier molecular flexibility index (Phi) is 48.7. The highest BCUT2D eigenvalue weighted by atomic mass is 16.7. The second-order valence-corrected chi connectivity index (χ2v) is 21.9. The zero-order valence-electron chi connectivity index (χ0n) is 45.9. The first-order valence-electron chi connectivity index (χ1n) is 30.7. The minimum atomic E-state index is -1.55. The molecule has 0 aromatic heterocycles. The fourth-order valence-corrected chi connectivity index (χ4v) is 10.3. The van der Waals surface area contributed by atoms with Gasteiger partial charge in [-0.2, -0.15) is 0 Å². The first-order valence-corrected chi connectivity index (χ1v) is 30.7. The number of carbonyl (C=O) groups excluding carboxylic acids is 1. The normalized spacial score (nSPS) is 19.3. The van der Waals surface area contributed by atoms with E-state index < -0.39 is 49.5 Å². The minimum absolute atomic E-state index is 0.131. The van der Waals surface area contributed by atoms with Crippen molar-refractivity contribution >= 4 is 5.91 Å². The Balaban J connectivity index is 2.09. The summed E-state index contributed by atoms with van der Waals surface area (Å²) < 4.78 is 11.3. The summed E-state index contributed by atoms with van der Waals surface area (Å²) in [6, 6.07) is -0.713. The molecule has 1 fully saturated rings. The molecule has 1 amide bonds. The van der Waals surface area contributed by atoms with Crippen molar-refractivity contribution in [2.24, 2.45) is 0 Å². The van der Waals surface area contributed by atoms with Gasteiger partial charge in [0.2, 0.25) is 5.91 Å². The predicted molar refractivity (Wildman–Crippen MR) is 291 cm³/mol. The van der Waals surface area contributed by atoms with Crippen LogP contribution in [0.3, 0.4) is 0 Å². The Morgan fingerprint density at radius 2 is 0.725 bits per heavy atom. The molecule has 1 aliphatic heterocycles. The largest absolute Gasteiger partial charge is 0.394 e. The van der Waals surface area contributed by atoms with Crippen LogP contribution in [0, 0.1) is 0 Å². The van der Waals surface area contributed by atoms with E-state index in [1.807, 2.05) is 0 Å². The summed E-state index contributed by atoms with van der Waals surface area (Å²) in [4.78, 5) is 13.1. The van der Waals surface area contributed by atoms with Gasteiger partial charge >= 0.3 is 0 Å². The molecule has 9 heteroatoms. The van der Waals surface area contributed by atoms with Gasteiger partial charge in [-0.25, -0.2) is 0 Å². The quantitative estimate of drug-likeness (QED) is 0.0330.